The second-order valence-electron chi connectivity index (χ2n) is 4.68. The Kier molecular flexibility index (Phi) is 3.94. The molecule has 20 heavy (non-hydrogen) atoms. The van der Waals surface area contributed by atoms with E-state index in [9.17, 15) is 16.8 Å². The molecule has 0 spiro atoms. The van der Waals surface area contributed by atoms with Crippen molar-refractivity contribution >= 4 is 31.6 Å². The van der Waals surface area contributed by atoms with Crippen LogP contribution in [0, 0.1) is 0 Å². The molecule has 7 nitrogen and oxygen atoms in total. The van der Waals surface area contributed by atoms with Crippen LogP contribution in [0.4, 0.5) is 11.4 Å². The summed E-state index contributed by atoms with van der Waals surface area (Å²) in [5.41, 5.74) is 0.805. The van der Waals surface area contributed by atoms with Gasteiger partial charge in [-0.25, -0.2) is 8.42 Å². The van der Waals surface area contributed by atoms with Gasteiger partial charge in [0.1, 0.15) is 0 Å². The number of rotatable bonds is 4. The second-order valence-corrected chi connectivity index (χ2v) is 8.58. The summed E-state index contributed by atoms with van der Waals surface area (Å²) in [5, 5.41) is 0. The van der Waals surface area contributed by atoms with Gasteiger partial charge in [-0.2, -0.15) is 12.7 Å². The molecule has 1 aliphatic heterocycles. The highest BCUT2D eigenvalue weighted by Crippen LogP contribution is 2.26. The molecule has 0 radical (unpaired) electrons. The van der Waals surface area contributed by atoms with Crippen LogP contribution in [0.5, 0.6) is 0 Å². The first-order valence-electron chi connectivity index (χ1n) is 6.03. The number of nitrogens with zero attached hydrogens (tertiary/aromatic N) is 2. The van der Waals surface area contributed by atoms with E-state index in [0.29, 0.717) is 24.3 Å². The molecule has 1 fully saturated rings. The molecule has 0 aliphatic carbocycles. The van der Waals surface area contributed by atoms with Crippen LogP contribution in [0.3, 0.4) is 0 Å². The highest BCUT2D eigenvalue weighted by molar-refractivity contribution is 7.93. The van der Waals surface area contributed by atoms with E-state index >= 15 is 0 Å². The van der Waals surface area contributed by atoms with Crippen molar-refractivity contribution in [1.82, 2.24) is 4.31 Å². The summed E-state index contributed by atoms with van der Waals surface area (Å²) in [6.07, 6.45) is 0.579. The Morgan fingerprint density at radius 1 is 1.30 bits per heavy atom. The second kappa shape index (κ2) is 5.23. The number of sulfonamides is 1. The summed E-state index contributed by atoms with van der Waals surface area (Å²) in [6.45, 7) is 0.423. The number of hydrogen-bond acceptors (Lipinski definition) is 4. The molecule has 9 heteroatoms. The summed E-state index contributed by atoms with van der Waals surface area (Å²) >= 11 is 0. The standard InChI is InChI=1S/C11H17N3O4S2/c1-13(2)20(17,18)12-10-5-3-6-11(9-10)14-7-4-8-19(14,15)16/h3,5-6,9,12H,4,7-8H2,1-2H3. The van der Waals surface area contributed by atoms with E-state index in [1.807, 2.05) is 0 Å². The van der Waals surface area contributed by atoms with E-state index in [0.717, 1.165) is 4.31 Å². The average molecular weight is 319 g/mol. The minimum absolute atomic E-state index is 0.126. The molecule has 1 N–H and O–H groups in total. The molecule has 0 atom stereocenters. The third-order valence-electron chi connectivity index (χ3n) is 2.96. The fraction of sp³-hybridized carbons (Fsp3) is 0.455. The number of benzene rings is 1. The Hall–Kier alpha value is -1.32. The van der Waals surface area contributed by atoms with Crippen LogP contribution in [0.2, 0.25) is 0 Å². The average Bonchev–Trinajstić information content (AvgIpc) is 2.68. The van der Waals surface area contributed by atoms with E-state index in [1.54, 1.807) is 18.2 Å². The summed E-state index contributed by atoms with van der Waals surface area (Å²) in [6, 6.07) is 6.37. The highest BCUT2D eigenvalue weighted by Gasteiger charge is 2.28. The molecular weight excluding hydrogens is 302 g/mol. The first-order valence-corrected chi connectivity index (χ1v) is 9.08. The van der Waals surface area contributed by atoms with Gasteiger partial charge in [0.15, 0.2) is 0 Å². The minimum Gasteiger partial charge on any atom is -0.271 e. The Balaban J connectivity index is 2.30. The minimum atomic E-state index is -3.60. The Bertz CT molecular complexity index is 698. The van der Waals surface area contributed by atoms with Crippen molar-refractivity contribution in [2.75, 3.05) is 35.4 Å². The first-order chi connectivity index (χ1) is 9.22. The van der Waals surface area contributed by atoms with Gasteiger partial charge < -0.3 is 0 Å². The molecular formula is C11H17N3O4S2. The van der Waals surface area contributed by atoms with Gasteiger partial charge in [-0.1, -0.05) is 6.07 Å². The lowest BCUT2D eigenvalue weighted by Gasteiger charge is -2.19. The number of nitrogens with one attached hydrogen (secondary N) is 1. The molecule has 1 aromatic carbocycles. The molecule has 1 heterocycles. The predicted molar refractivity (Wildman–Crippen MR) is 78.4 cm³/mol. The maximum absolute atomic E-state index is 11.8. The van der Waals surface area contributed by atoms with Crippen LogP contribution >= 0.6 is 0 Å². The third kappa shape index (κ3) is 3.05. The van der Waals surface area contributed by atoms with Gasteiger partial charge in [-0.15, -0.1) is 0 Å². The summed E-state index contributed by atoms with van der Waals surface area (Å²) < 4.78 is 51.9. The van der Waals surface area contributed by atoms with Crippen LogP contribution in [0.1, 0.15) is 6.42 Å². The molecule has 1 saturated heterocycles. The highest BCUT2D eigenvalue weighted by atomic mass is 32.2. The normalized spacial score (nSPS) is 18.4. The molecule has 0 amide bonds. The zero-order chi connectivity index (χ0) is 15.0. The van der Waals surface area contributed by atoms with Gasteiger partial charge >= 0.3 is 10.2 Å². The fourth-order valence-electron chi connectivity index (χ4n) is 1.89. The van der Waals surface area contributed by atoms with Gasteiger partial charge in [0.05, 0.1) is 17.1 Å². The summed E-state index contributed by atoms with van der Waals surface area (Å²) in [5.74, 6) is 0.126. The SMILES string of the molecule is CN(C)S(=O)(=O)Nc1cccc(N2CCCS2(=O)=O)c1. The molecule has 2 rings (SSSR count). The maximum Gasteiger partial charge on any atom is 0.301 e. The van der Waals surface area contributed by atoms with Crippen molar-refractivity contribution in [3.05, 3.63) is 24.3 Å². The van der Waals surface area contributed by atoms with Crippen molar-refractivity contribution in [2.24, 2.45) is 0 Å². The van der Waals surface area contributed by atoms with Gasteiger partial charge in [-0.05, 0) is 24.6 Å². The molecule has 0 saturated carbocycles. The quantitative estimate of drug-likeness (QED) is 0.872. The first kappa shape index (κ1) is 15.1. The third-order valence-corrected chi connectivity index (χ3v) is 6.29. The number of hydrogen-bond donors (Lipinski definition) is 1. The molecule has 1 aromatic rings. The predicted octanol–water partition coefficient (Wildman–Crippen LogP) is 0.445. The van der Waals surface area contributed by atoms with Crippen molar-refractivity contribution < 1.29 is 16.8 Å². The Morgan fingerprint density at radius 2 is 2.00 bits per heavy atom. The van der Waals surface area contributed by atoms with Crippen LogP contribution in [-0.2, 0) is 20.2 Å². The Morgan fingerprint density at radius 3 is 2.55 bits per heavy atom. The van der Waals surface area contributed by atoms with Crippen molar-refractivity contribution in [3.8, 4) is 0 Å². The van der Waals surface area contributed by atoms with Crippen LogP contribution in [-0.4, -0.2) is 47.5 Å². The largest absolute Gasteiger partial charge is 0.301 e. The molecule has 0 unspecified atom stereocenters. The van der Waals surface area contributed by atoms with Crippen LogP contribution in [0.25, 0.3) is 0 Å². The van der Waals surface area contributed by atoms with Crippen molar-refractivity contribution in [2.45, 2.75) is 6.42 Å². The molecule has 1 aliphatic rings. The topological polar surface area (TPSA) is 86.8 Å². The zero-order valence-corrected chi connectivity index (χ0v) is 12.9. The monoisotopic (exact) mass is 319 g/mol. The number of anilines is 2. The fourth-order valence-corrected chi connectivity index (χ4v) is 4.06. The van der Waals surface area contributed by atoms with E-state index in [1.165, 1.54) is 24.5 Å². The Labute approximate surface area is 119 Å². The van der Waals surface area contributed by atoms with Crippen LogP contribution < -0.4 is 9.03 Å². The van der Waals surface area contributed by atoms with Gasteiger partial charge in [0.2, 0.25) is 10.0 Å². The summed E-state index contributed by atoms with van der Waals surface area (Å²) in [7, 11) is -4.05. The zero-order valence-electron chi connectivity index (χ0n) is 11.3. The lowest BCUT2D eigenvalue weighted by Crippen LogP contribution is -2.29. The molecule has 0 aromatic heterocycles. The molecule has 112 valence electrons. The molecule has 0 bridgehead atoms. The smallest absolute Gasteiger partial charge is 0.271 e. The summed E-state index contributed by atoms with van der Waals surface area (Å²) in [4.78, 5) is 0. The van der Waals surface area contributed by atoms with Crippen LogP contribution in [0.15, 0.2) is 24.3 Å². The van der Waals surface area contributed by atoms with Gasteiger partial charge in [-0.3, -0.25) is 9.03 Å². The lowest BCUT2D eigenvalue weighted by atomic mass is 10.3. The van der Waals surface area contributed by atoms with E-state index in [-0.39, 0.29) is 5.75 Å². The van der Waals surface area contributed by atoms with E-state index in [2.05, 4.69) is 4.72 Å². The van der Waals surface area contributed by atoms with Gasteiger partial charge in [0.25, 0.3) is 0 Å². The van der Waals surface area contributed by atoms with E-state index in [4.69, 9.17) is 0 Å². The maximum atomic E-state index is 11.8. The van der Waals surface area contributed by atoms with Crippen molar-refractivity contribution in [1.29, 1.82) is 0 Å². The lowest BCUT2D eigenvalue weighted by molar-refractivity contribution is 0.527. The van der Waals surface area contributed by atoms with Crippen molar-refractivity contribution in [3.63, 3.8) is 0 Å². The van der Waals surface area contributed by atoms with Gasteiger partial charge in [0, 0.05) is 20.6 Å². The van der Waals surface area contributed by atoms with E-state index < -0.39 is 20.2 Å².